The fraction of sp³-hybridized carbons (Fsp3) is 0.538. The lowest BCUT2D eigenvalue weighted by molar-refractivity contribution is -0.135. The smallest absolute Gasteiger partial charge is 0.225 e. The van der Waals surface area contributed by atoms with Gasteiger partial charge >= 0.3 is 0 Å². The van der Waals surface area contributed by atoms with Crippen molar-refractivity contribution >= 4 is 22.8 Å². The Bertz CT molecular complexity index is 1150. The van der Waals surface area contributed by atoms with Crippen molar-refractivity contribution in [2.75, 3.05) is 31.6 Å². The van der Waals surface area contributed by atoms with E-state index in [9.17, 15) is 9.90 Å². The standard InChI is InChI=1S/C26H34N6O3/c1-18(16-33)17-35-23-6-4-5-22-21(23)15-28-32(22)24-11-12-27-26(30-24)29-20-9-7-19(8-10-20)25(34)31-13-2-3-14-31/h4-6,11-12,15,18-20,33H,2-3,7-10,13-14,16-17H2,1H3,(H,27,29,30)/t18-,19?,20?/m0/s1. The molecule has 0 radical (unpaired) electrons. The van der Waals surface area contributed by atoms with Crippen molar-refractivity contribution in [1.29, 1.82) is 0 Å². The minimum atomic E-state index is 0.0594. The number of carbonyl (C=O) groups is 1. The average molecular weight is 479 g/mol. The molecule has 35 heavy (non-hydrogen) atoms. The Morgan fingerprint density at radius 2 is 2.00 bits per heavy atom. The van der Waals surface area contributed by atoms with Gasteiger partial charge in [-0.2, -0.15) is 10.1 Å². The number of nitrogens with one attached hydrogen (secondary N) is 1. The number of carbonyl (C=O) groups excluding carboxylic acids is 1. The highest BCUT2D eigenvalue weighted by atomic mass is 16.5. The van der Waals surface area contributed by atoms with E-state index in [0.29, 0.717) is 24.3 Å². The minimum Gasteiger partial charge on any atom is -0.492 e. The molecule has 3 aromatic rings. The third-order valence-corrected chi connectivity index (χ3v) is 7.09. The molecule has 2 aliphatic rings. The highest BCUT2D eigenvalue weighted by molar-refractivity contribution is 5.86. The highest BCUT2D eigenvalue weighted by Crippen LogP contribution is 2.30. The predicted molar refractivity (Wildman–Crippen MR) is 134 cm³/mol. The summed E-state index contributed by atoms with van der Waals surface area (Å²) in [7, 11) is 0. The largest absolute Gasteiger partial charge is 0.492 e. The molecule has 1 saturated carbocycles. The number of benzene rings is 1. The van der Waals surface area contributed by atoms with Crippen LogP contribution in [-0.4, -0.2) is 68.0 Å². The van der Waals surface area contributed by atoms with Gasteiger partial charge in [0, 0.05) is 49.8 Å². The van der Waals surface area contributed by atoms with E-state index in [1.165, 1.54) is 0 Å². The summed E-state index contributed by atoms with van der Waals surface area (Å²) in [6.07, 6.45) is 9.50. The van der Waals surface area contributed by atoms with Crippen LogP contribution in [0.2, 0.25) is 0 Å². The number of amides is 1. The van der Waals surface area contributed by atoms with Crippen molar-refractivity contribution in [2.45, 2.75) is 51.5 Å². The fourth-order valence-electron chi connectivity index (χ4n) is 5.02. The van der Waals surface area contributed by atoms with Crippen molar-refractivity contribution in [3.8, 4) is 11.6 Å². The summed E-state index contributed by atoms with van der Waals surface area (Å²) in [4.78, 5) is 23.9. The van der Waals surface area contributed by atoms with Crippen LogP contribution in [0.4, 0.5) is 5.95 Å². The molecular weight excluding hydrogens is 444 g/mol. The Morgan fingerprint density at radius 3 is 2.77 bits per heavy atom. The van der Waals surface area contributed by atoms with Crippen molar-refractivity contribution in [1.82, 2.24) is 24.6 Å². The second kappa shape index (κ2) is 10.6. The average Bonchev–Trinajstić information content (AvgIpc) is 3.58. The highest BCUT2D eigenvalue weighted by Gasteiger charge is 2.30. The molecule has 1 amide bonds. The molecule has 1 saturated heterocycles. The number of rotatable bonds is 8. The normalized spacial score (nSPS) is 21.3. The summed E-state index contributed by atoms with van der Waals surface area (Å²) in [5.41, 5.74) is 0.893. The Hall–Kier alpha value is -3.20. The van der Waals surface area contributed by atoms with Gasteiger partial charge in [-0.15, -0.1) is 0 Å². The zero-order valence-corrected chi connectivity index (χ0v) is 20.3. The first-order chi connectivity index (χ1) is 17.1. The molecule has 2 aromatic heterocycles. The van der Waals surface area contributed by atoms with E-state index in [2.05, 4.69) is 15.4 Å². The molecule has 1 atom stereocenters. The van der Waals surface area contributed by atoms with Crippen LogP contribution in [0.3, 0.4) is 0 Å². The monoisotopic (exact) mass is 478 g/mol. The lowest BCUT2D eigenvalue weighted by Crippen LogP contribution is -2.37. The van der Waals surface area contributed by atoms with E-state index < -0.39 is 0 Å². The van der Waals surface area contributed by atoms with Crippen LogP contribution in [0.5, 0.6) is 5.75 Å². The first-order valence-corrected chi connectivity index (χ1v) is 12.7. The van der Waals surface area contributed by atoms with Gasteiger partial charge in [0.2, 0.25) is 11.9 Å². The Kier molecular flexibility index (Phi) is 7.13. The van der Waals surface area contributed by atoms with Crippen LogP contribution in [-0.2, 0) is 4.79 Å². The van der Waals surface area contributed by atoms with E-state index in [4.69, 9.17) is 9.72 Å². The molecule has 2 N–H and O–H groups in total. The summed E-state index contributed by atoms with van der Waals surface area (Å²) >= 11 is 0. The molecule has 9 heteroatoms. The molecule has 186 valence electrons. The molecule has 9 nitrogen and oxygen atoms in total. The second-order valence-corrected chi connectivity index (χ2v) is 9.81. The van der Waals surface area contributed by atoms with Crippen molar-refractivity contribution in [2.24, 2.45) is 11.8 Å². The van der Waals surface area contributed by atoms with Gasteiger partial charge in [-0.25, -0.2) is 9.67 Å². The molecule has 2 fully saturated rings. The van der Waals surface area contributed by atoms with Crippen LogP contribution >= 0.6 is 0 Å². The molecule has 3 heterocycles. The van der Waals surface area contributed by atoms with Crippen LogP contribution in [0.15, 0.2) is 36.7 Å². The van der Waals surface area contributed by atoms with Crippen molar-refractivity contribution < 1.29 is 14.6 Å². The summed E-state index contributed by atoms with van der Waals surface area (Å²) in [6.45, 7) is 4.32. The molecular formula is C26H34N6O3. The summed E-state index contributed by atoms with van der Waals surface area (Å²) < 4.78 is 7.71. The second-order valence-electron chi connectivity index (χ2n) is 9.81. The fourth-order valence-corrected chi connectivity index (χ4v) is 5.02. The Labute approximate surface area is 205 Å². The van der Waals surface area contributed by atoms with Gasteiger partial charge in [-0.3, -0.25) is 4.79 Å². The third kappa shape index (κ3) is 5.24. The van der Waals surface area contributed by atoms with E-state index >= 15 is 0 Å². The lowest BCUT2D eigenvalue weighted by atomic mass is 9.85. The van der Waals surface area contributed by atoms with Crippen molar-refractivity contribution in [3.63, 3.8) is 0 Å². The van der Waals surface area contributed by atoms with Gasteiger partial charge in [-0.1, -0.05) is 13.0 Å². The zero-order valence-electron chi connectivity index (χ0n) is 20.3. The van der Waals surface area contributed by atoms with Gasteiger partial charge in [0.05, 0.1) is 23.7 Å². The van der Waals surface area contributed by atoms with Gasteiger partial charge in [0.1, 0.15) is 5.75 Å². The topological polar surface area (TPSA) is 105 Å². The number of likely N-dealkylation sites (tertiary alicyclic amines) is 1. The number of aromatic nitrogens is 4. The summed E-state index contributed by atoms with van der Waals surface area (Å²) in [5.74, 6) is 2.55. The quantitative estimate of drug-likeness (QED) is 0.511. The first-order valence-electron chi connectivity index (χ1n) is 12.7. The molecule has 5 rings (SSSR count). The number of nitrogens with zero attached hydrogens (tertiary/aromatic N) is 5. The van der Waals surface area contributed by atoms with Gasteiger partial charge in [-0.05, 0) is 50.7 Å². The van der Waals surface area contributed by atoms with Crippen LogP contribution in [0.1, 0.15) is 45.4 Å². The van der Waals surface area contributed by atoms with Crippen LogP contribution in [0.25, 0.3) is 16.7 Å². The maximum absolute atomic E-state index is 12.7. The van der Waals surface area contributed by atoms with Gasteiger partial charge in [0.15, 0.2) is 5.82 Å². The maximum atomic E-state index is 12.7. The maximum Gasteiger partial charge on any atom is 0.225 e. The lowest BCUT2D eigenvalue weighted by Gasteiger charge is -2.30. The predicted octanol–water partition coefficient (Wildman–Crippen LogP) is 3.42. The number of hydrogen-bond acceptors (Lipinski definition) is 7. The molecule has 1 aromatic carbocycles. The van der Waals surface area contributed by atoms with E-state index in [-0.39, 0.29) is 24.5 Å². The Morgan fingerprint density at radius 1 is 1.20 bits per heavy atom. The van der Waals surface area contributed by atoms with Gasteiger partial charge in [0.25, 0.3) is 0 Å². The number of aliphatic hydroxyl groups excluding tert-OH is 1. The van der Waals surface area contributed by atoms with E-state index in [1.54, 1.807) is 17.1 Å². The summed E-state index contributed by atoms with van der Waals surface area (Å²) in [5, 5.41) is 18.2. The number of aliphatic hydroxyl groups is 1. The van der Waals surface area contributed by atoms with Crippen molar-refractivity contribution in [3.05, 3.63) is 36.7 Å². The van der Waals surface area contributed by atoms with Crippen LogP contribution in [0, 0.1) is 11.8 Å². The number of hydrogen-bond donors (Lipinski definition) is 2. The third-order valence-electron chi connectivity index (χ3n) is 7.09. The van der Waals surface area contributed by atoms with Gasteiger partial charge < -0.3 is 20.1 Å². The van der Waals surface area contributed by atoms with E-state index in [0.717, 1.165) is 68.3 Å². The van der Waals surface area contributed by atoms with Crippen LogP contribution < -0.4 is 10.1 Å². The molecule has 1 aliphatic carbocycles. The SMILES string of the molecule is C[C@@H](CO)COc1cccc2c1cnn2-c1ccnc(NC2CCC(C(=O)N3CCCC3)CC2)n1. The molecule has 0 spiro atoms. The number of ether oxygens (including phenoxy) is 1. The Balaban J connectivity index is 1.24. The number of anilines is 1. The first kappa shape index (κ1) is 23.5. The number of fused-ring (bicyclic) bond motifs is 1. The molecule has 1 aliphatic heterocycles. The minimum absolute atomic E-state index is 0.0594. The zero-order chi connectivity index (χ0) is 24.2. The summed E-state index contributed by atoms with van der Waals surface area (Å²) in [6, 6.07) is 7.93. The molecule has 0 bridgehead atoms. The molecule has 0 unspecified atom stereocenters. The van der Waals surface area contributed by atoms with E-state index in [1.807, 2.05) is 36.1 Å².